The smallest absolute Gasteiger partial charge is 0.165 e. The maximum Gasteiger partial charge on any atom is 0.165 e. The van der Waals surface area contributed by atoms with Crippen LogP contribution in [0.15, 0.2) is 12.7 Å². The van der Waals surface area contributed by atoms with E-state index in [0.717, 1.165) is 23.4 Å². The molecule has 3 aliphatic rings. The van der Waals surface area contributed by atoms with Gasteiger partial charge in [-0.1, -0.05) is 0 Å². The largest absolute Gasteiger partial charge is 0.396 e. The summed E-state index contributed by atoms with van der Waals surface area (Å²) in [6.07, 6.45) is 6.35. The van der Waals surface area contributed by atoms with Gasteiger partial charge in [-0.25, -0.2) is 15.0 Å². The van der Waals surface area contributed by atoms with Gasteiger partial charge in [0.2, 0.25) is 0 Å². The van der Waals surface area contributed by atoms with Crippen molar-refractivity contribution in [1.29, 1.82) is 0 Å². The van der Waals surface area contributed by atoms with Crippen LogP contribution in [0.1, 0.15) is 46.1 Å². The Labute approximate surface area is 151 Å². The number of hydrogen-bond donors (Lipinski definition) is 2. The van der Waals surface area contributed by atoms with Crippen LogP contribution in [0.3, 0.4) is 0 Å². The summed E-state index contributed by atoms with van der Waals surface area (Å²) in [6, 6.07) is 0.484. The number of aliphatic hydroxyl groups is 1. The average Bonchev–Trinajstić information content (AvgIpc) is 3.15. The second-order valence-electron chi connectivity index (χ2n) is 8.38. The molecule has 2 aromatic heterocycles. The van der Waals surface area contributed by atoms with E-state index in [-0.39, 0.29) is 24.7 Å². The monoisotopic (exact) mass is 359 g/mol. The van der Waals surface area contributed by atoms with E-state index >= 15 is 0 Å². The first-order chi connectivity index (χ1) is 12.4. The van der Waals surface area contributed by atoms with Gasteiger partial charge in [-0.15, -0.1) is 0 Å². The number of aromatic nitrogens is 4. The van der Waals surface area contributed by atoms with Crippen LogP contribution < -0.4 is 5.32 Å². The number of nitrogens with one attached hydrogen (secondary N) is 1. The Hall–Kier alpha value is -1.77. The lowest BCUT2D eigenvalue weighted by Crippen LogP contribution is -2.41. The second-order valence-corrected chi connectivity index (χ2v) is 8.38. The third-order valence-corrected chi connectivity index (χ3v) is 5.90. The number of imidazole rings is 1. The van der Waals surface area contributed by atoms with Crippen LogP contribution in [0.5, 0.6) is 0 Å². The fraction of sp³-hybridized carbons (Fsp3) is 0.722. The van der Waals surface area contributed by atoms with Crippen LogP contribution in [0.4, 0.5) is 5.82 Å². The summed E-state index contributed by atoms with van der Waals surface area (Å²) in [5, 5.41) is 13.3. The van der Waals surface area contributed by atoms with Crippen molar-refractivity contribution in [2.75, 3.05) is 11.9 Å². The van der Waals surface area contributed by atoms with Crippen LogP contribution in [0, 0.1) is 5.92 Å². The predicted molar refractivity (Wildman–Crippen MR) is 94.6 cm³/mol. The Kier molecular flexibility index (Phi) is 3.39. The van der Waals surface area contributed by atoms with E-state index in [4.69, 9.17) is 9.47 Å². The standard InChI is InChI=1S/C18H25N5O3/c1-17(2)25-14-10(7-24)6-12(18(14,3)26-17)23-9-21-13-15(22-11-4-5-11)19-8-20-16(13)23/h8-12,14,24H,4-7H2,1-3H3,(H,19,20,22)/t10-,12-,14-,18+/m1/s1. The zero-order chi connectivity index (χ0) is 18.1. The van der Waals surface area contributed by atoms with Crippen molar-refractivity contribution in [1.82, 2.24) is 19.5 Å². The van der Waals surface area contributed by atoms with Crippen LogP contribution in [-0.2, 0) is 9.47 Å². The number of rotatable bonds is 4. The highest BCUT2D eigenvalue weighted by Crippen LogP contribution is 2.54. The van der Waals surface area contributed by atoms with E-state index in [1.165, 1.54) is 12.8 Å². The average molecular weight is 359 g/mol. The number of hydrogen-bond acceptors (Lipinski definition) is 7. The lowest BCUT2D eigenvalue weighted by atomic mass is 9.96. The predicted octanol–water partition coefficient (Wildman–Crippen LogP) is 1.86. The van der Waals surface area contributed by atoms with Gasteiger partial charge in [0.25, 0.3) is 0 Å². The van der Waals surface area contributed by atoms with Crippen LogP contribution in [-0.4, -0.2) is 54.8 Å². The molecule has 4 atom stereocenters. The minimum atomic E-state index is -0.671. The Morgan fingerprint density at radius 3 is 2.81 bits per heavy atom. The molecule has 26 heavy (non-hydrogen) atoms. The minimum absolute atomic E-state index is 0.0138. The van der Waals surface area contributed by atoms with Gasteiger partial charge in [-0.2, -0.15) is 0 Å². The molecule has 3 heterocycles. The Bertz CT molecular complexity index is 848. The molecule has 0 aromatic carbocycles. The normalized spacial score (nSPS) is 35.8. The first kappa shape index (κ1) is 16.4. The molecule has 2 N–H and O–H groups in total. The Morgan fingerprint density at radius 1 is 1.27 bits per heavy atom. The van der Waals surface area contributed by atoms with Gasteiger partial charge >= 0.3 is 0 Å². The van der Waals surface area contributed by atoms with E-state index in [2.05, 4.69) is 31.8 Å². The summed E-state index contributed by atoms with van der Waals surface area (Å²) in [4.78, 5) is 13.5. The van der Waals surface area contributed by atoms with Crippen LogP contribution in [0.2, 0.25) is 0 Å². The zero-order valence-electron chi connectivity index (χ0n) is 15.3. The Morgan fingerprint density at radius 2 is 2.08 bits per heavy atom. The molecule has 0 bridgehead atoms. The van der Waals surface area contributed by atoms with E-state index < -0.39 is 11.4 Å². The van der Waals surface area contributed by atoms with Gasteiger partial charge in [0.1, 0.15) is 17.4 Å². The molecule has 2 aromatic rings. The highest BCUT2D eigenvalue weighted by atomic mass is 16.8. The van der Waals surface area contributed by atoms with Crippen molar-refractivity contribution in [3.8, 4) is 0 Å². The summed E-state index contributed by atoms with van der Waals surface area (Å²) < 4.78 is 14.6. The van der Waals surface area contributed by atoms with Gasteiger partial charge in [-0.05, 0) is 40.0 Å². The fourth-order valence-corrected chi connectivity index (χ4v) is 4.67. The number of nitrogens with zero attached hydrogens (tertiary/aromatic N) is 4. The maximum atomic E-state index is 9.88. The zero-order valence-corrected chi connectivity index (χ0v) is 15.3. The van der Waals surface area contributed by atoms with E-state index in [1.807, 2.05) is 20.2 Å². The summed E-state index contributed by atoms with van der Waals surface area (Å²) in [5.41, 5.74) is 1.03. The molecule has 0 spiro atoms. The molecule has 140 valence electrons. The second kappa shape index (κ2) is 5.37. The van der Waals surface area contributed by atoms with Crippen LogP contribution in [0.25, 0.3) is 11.2 Å². The van der Waals surface area contributed by atoms with Crippen LogP contribution >= 0.6 is 0 Å². The topological polar surface area (TPSA) is 94.3 Å². The van der Waals surface area contributed by atoms with Gasteiger partial charge < -0.3 is 24.5 Å². The quantitative estimate of drug-likeness (QED) is 0.860. The SMILES string of the molecule is CC1(C)O[C@@H]2[C@@H](CO)C[C@@H](n3cnc4c(NC5CC5)ncnc43)[C@]2(C)O1. The number of ether oxygens (including phenoxy) is 2. The van der Waals surface area contributed by atoms with Crippen molar-refractivity contribution in [3.63, 3.8) is 0 Å². The molecule has 2 aliphatic carbocycles. The van der Waals surface area contributed by atoms with Crippen molar-refractivity contribution in [3.05, 3.63) is 12.7 Å². The third kappa shape index (κ3) is 2.35. The van der Waals surface area contributed by atoms with Crippen molar-refractivity contribution < 1.29 is 14.6 Å². The summed E-state index contributed by atoms with van der Waals surface area (Å²) in [7, 11) is 0. The van der Waals surface area contributed by atoms with Crippen molar-refractivity contribution in [2.24, 2.45) is 5.92 Å². The van der Waals surface area contributed by atoms with E-state index in [1.54, 1.807) is 6.33 Å². The maximum absolute atomic E-state index is 9.88. The highest BCUT2D eigenvalue weighted by molar-refractivity contribution is 5.83. The number of aliphatic hydroxyl groups excluding tert-OH is 1. The number of anilines is 1. The molecule has 2 saturated carbocycles. The molecular weight excluding hydrogens is 334 g/mol. The molecule has 8 heteroatoms. The van der Waals surface area contributed by atoms with E-state index in [0.29, 0.717) is 6.04 Å². The number of fused-ring (bicyclic) bond motifs is 2. The molecule has 0 radical (unpaired) electrons. The summed E-state index contributed by atoms with van der Waals surface area (Å²) >= 11 is 0. The van der Waals surface area contributed by atoms with Gasteiger partial charge in [0.05, 0.1) is 18.5 Å². The minimum Gasteiger partial charge on any atom is -0.396 e. The summed E-state index contributed by atoms with van der Waals surface area (Å²) in [6.45, 7) is 6.00. The lowest BCUT2D eigenvalue weighted by molar-refractivity contribution is -0.176. The van der Waals surface area contributed by atoms with Gasteiger partial charge in [0, 0.05) is 18.6 Å². The molecule has 8 nitrogen and oxygen atoms in total. The first-order valence-electron chi connectivity index (χ1n) is 9.34. The fourth-order valence-electron chi connectivity index (χ4n) is 4.67. The lowest BCUT2D eigenvalue weighted by Gasteiger charge is -2.31. The molecule has 1 aliphatic heterocycles. The highest BCUT2D eigenvalue weighted by Gasteiger charge is 2.62. The Balaban J connectivity index is 1.57. The van der Waals surface area contributed by atoms with Crippen molar-refractivity contribution in [2.45, 2.75) is 69.6 Å². The van der Waals surface area contributed by atoms with Gasteiger partial charge in [-0.3, -0.25) is 0 Å². The molecule has 5 rings (SSSR count). The van der Waals surface area contributed by atoms with Crippen molar-refractivity contribution >= 4 is 17.0 Å². The molecule has 0 amide bonds. The van der Waals surface area contributed by atoms with Gasteiger partial charge in [0.15, 0.2) is 17.3 Å². The summed E-state index contributed by atoms with van der Waals surface area (Å²) in [5.74, 6) is 0.143. The molecule has 1 saturated heterocycles. The molecular formula is C18H25N5O3. The third-order valence-electron chi connectivity index (χ3n) is 5.90. The first-order valence-corrected chi connectivity index (χ1v) is 9.34. The molecule has 0 unspecified atom stereocenters. The van der Waals surface area contributed by atoms with E-state index in [9.17, 15) is 5.11 Å². The molecule has 3 fully saturated rings.